The van der Waals surface area contributed by atoms with Crippen molar-refractivity contribution in [2.45, 2.75) is 44.3 Å². The standard InChI is InChI=1S/C18H21ClN6O/c19-10-4-3-5-11(8-10)22-16-15-14(9-21-17(15)26)24-18(25-16)23-13-7-2-1-6-12(13)20/h3-5,8,12-13H,1-2,6-7,9,20H2,(H,21,26)(H2,22,23,24,25). The van der Waals surface area contributed by atoms with E-state index in [-0.39, 0.29) is 18.0 Å². The lowest BCUT2D eigenvalue weighted by atomic mass is 9.91. The van der Waals surface area contributed by atoms with Crippen molar-refractivity contribution >= 4 is 35.0 Å². The average molecular weight is 373 g/mol. The fourth-order valence-electron chi connectivity index (χ4n) is 3.49. The molecule has 0 bridgehead atoms. The SMILES string of the molecule is NC1CCCCC1Nc1nc2c(c(Nc3cccc(Cl)c3)n1)C(=O)NC2. The lowest BCUT2D eigenvalue weighted by Crippen LogP contribution is -2.43. The average Bonchev–Trinajstić information content (AvgIpc) is 2.98. The number of nitrogens with one attached hydrogen (secondary N) is 3. The van der Waals surface area contributed by atoms with Gasteiger partial charge in [0, 0.05) is 22.8 Å². The maximum Gasteiger partial charge on any atom is 0.257 e. The van der Waals surface area contributed by atoms with Gasteiger partial charge in [0.15, 0.2) is 0 Å². The molecule has 0 spiro atoms. The largest absolute Gasteiger partial charge is 0.350 e. The van der Waals surface area contributed by atoms with Crippen LogP contribution in [-0.2, 0) is 6.54 Å². The number of hydrogen-bond acceptors (Lipinski definition) is 6. The summed E-state index contributed by atoms with van der Waals surface area (Å²) in [4.78, 5) is 21.3. The van der Waals surface area contributed by atoms with Crippen LogP contribution in [0.4, 0.5) is 17.5 Å². The Morgan fingerprint density at radius 3 is 2.88 bits per heavy atom. The van der Waals surface area contributed by atoms with E-state index in [4.69, 9.17) is 17.3 Å². The molecule has 136 valence electrons. The highest BCUT2D eigenvalue weighted by Crippen LogP contribution is 2.28. The van der Waals surface area contributed by atoms with E-state index >= 15 is 0 Å². The highest BCUT2D eigenvalue weighted by molar-refractivity contribution is 6.30. The molecule has 26 heavy (non-hydrogen) atoms. The van der Waals surface area contributed by atoms with Crippen molar-refractivity contribution in [1.29, 1.82) is 0 Å². The molecular weight excluding hydrogens is 352 g/mol. The number of fused-ring (bicyclic) bond motifs is 1. The number of carbonyl (C=O) groups excluding carboxylic acids is 1. The van der Waals surface area contributed by atoms with Gasteiger partial charge in [-0.05, 0) is 31.0 Å². The van der Waals surface area contributed by atoms with E-state index in [0.29, 0.717) is 34.6 Å². The van der Waals surface area contributed by atoms with Crippen molar-refractivity contribution in [3.05, 3.63) is 40.5 Å². The van der Waals surface area contributed by atoms with Crippen LogP contribution in [-0.4, -0.2) is 28.0 Å². The molecule has 7 nitrogen and oxygen atoms in total. The minimum Gasteiger partial charge on any atom is -0.350 e. The predicted octanol–water partition coefficient (Wildman–Crippen LogP) is 2.80. The first-order valence-electron chi connectivity index (χ1n) is 8.84. The second kappa shape index (κ2) is 7.09. The molecule has 2 aromatic rings. The lowest BCUT2D eigenvalue weighted by Gasteiger charge is -2.29. The van der Waals surface area contributed by atoms with Crippen molar-refractivity contribution in [3.63, 3.8) is 0 Å². The number of aromatic nitrogens is 2. The monoisotopic (exact) mass is 372 g/mol. The Balaban J connectivity index is 1.65. The number of halogens is 1. The number of hydrogen-bond donors (Lipinski definition) is 4. The molecule has 5 N–H and O–H groups in total. The molecule has 1 aliphatic carbocycles. The smallest absolute Gasteiger partial charge is 0.257 e. The van der Waals surface area contributed by atoms with E-state index in [1.807, 2.05) is 12.1 Å². The topological polar surface area (TPSA) is 105 Å². The van der Waals surface area contributed by atoms with Gasteiger partial charge in [0.2, 0.25) is 5.95 Å². The molecule has 0 saturated heterocycles. The number of amides is 1. The third-order valence-corrected chi connectivity index (χ3v) is 5.08. The second-order valence-electron chi connectivity index (χ2n) is 6.73. The summed E-state index contributed by atoms with van der Waals surface area (Å²) in [6.45, 7) is 0.395. The first-order valence-corrected chi connectivity index (χ1v) is 9.22. The maximum atomic E-state index is 12.2. The van der Waals surface area contributed by atoms with Gasteiger partial charge in [-0.15, -0.1) is 0 Å². The Labute approximate surface area is 156 Å². The van der Waals surface area contributed by atoms with Crippen molar-refractivity contribution in [1.82, 2.24) is 15.3 Å². The van der Waals surface area contributed by atoms with Crippen LogP contribution in [0.15, 0.2) is 24.3 Å². The van der Waals surface area contributed by atoms with Gasteiger partial charge < -0.3 is 21.7 Å². The van der Waals surface area contributed by atoms with Gasteiger partial charge in [0.1, 0.15) is 11.4 Å². The van der Waals surface area contributed by atoms with Crippen LogP contribution in [0, 0.1) is 0 Å². The highest BCUT2D eigenvalue weighted by atomic mass is 35.5. The van der Waals surface area contributed by atoms with Crippen LogP contribution in [0.2, 0.25) is 5.02 Å². The maximum absolute atomic E-state index is 12.2. The summed E-state index contributed by atoms with van der Waals surface area (Å²) in [7, 11) is 0. The van der Waals surface area contributed by atoms with Gasteiger partial charge in [-0.1, -0.05) is 30.5 Å². The fourth-order valence-corrected chi connectivity index (χ4v) is 3.68. The molecule has 1 fully saturated rings. The van der Waals surface area contributed by atoms with Gasteiger partial charge in [0.25, 0.3) is 5.91 Å². The Morgan fingerprint density at radius 1 is 1.23 bits per heavy atom. The molecule has 1 saturated carbocycles. The van der Waals surface area contributed by atoms with Gasteiger partial charge in [-0.3, -0.25) is 4.79 Å². The van der Waals surface area contributed by atoms with Gasteiger partial charge in [-0.25, -0.2) is 4.98 Å². The summed E-state index contributed by atoms with van der Waals surface area (Å²) in [6, 6.07) is 7.52. The number of benzene rings is 1. The van der Waals surface area contributed by atoms with Crippen molar-refractivity contribution in [3.8, 4) is 0 Å². The predicted molar refractivity (Wildman–Crippen MR) is 102 cm³/mol. The molecule has 1 aromatic heterocycles. The Kier molecular flexibility index (Phi) is 4.65. The van der Waals surface area contributed by atoms with Crippen molar-refractivity contribution in [2.24, 2.45) is 5.73 Å². The third kappa shape index (κ3) is 3.45. The zero-order valence-electron chi connectivity index (χ0n) is 14.3. The number of carbonyl (C=O) groups is 1. The van der Waals surface area contributed by atoms with Gasteiger partial charge >= 0.3 is 0 Å². The number of rotatable bonds is 4. The molecule has 1 aromatic carbocycles. The summed E-state index contributed by atoms with van der Waals surface area (Å²) in [5.41, 5.74) is 8.14. The van der Waals surface area contributed by atoms with Crippen molar-refractivity contribution in [2.75, 3.05) is 10.6 Å². The normalized spacial score (nSPS) is 21.8. The fraction of sp³-hybridized carbons (Fsp3) is 0.389. The quantitative estimate of drug-likeness (QED) is 0.657. The minimum atomic E-state index is -0.176. The zero-order valence-corrected chi connectivity index (χ0v) is 15.0. The van der Waals surface area contributed by atoms with E-state index in [9.17, 15) is 4.79 Å². The summed E-state index contributed by atoms with van der Waals surface area (Å²) in [6.07, 6.45) is 4.29. The second-order valence-corrected chi connectivity index (χ2v) is 7.17. The number of anilines is 3. The number of nitrogens with two attached hydrogens (primary N) is 1. The summed E-state index contributed by atoms with van der Waals surface area (Å²) >= 11 is 6.05. The first kappa shape index (κ1) is 17.1. The van der Waals surface area contributed by atoms with E-state index < -0.39 is 0 Å². The summed E-state index contributed by atoms with van der Waals surface area (Å²) in [5, 5.41) is 9.97. The van der Waals surface area contributed by atoms with Crippen LogP contribution in [0.5, 0.6) is 0 Å². The summed E-state index contributed by atoms with van der Waals surface area (Å²) in [5.74, 6) is 0.789. The van der Waals surface area contributed by atoms with E-state index in [1.54, 1.807) is 12.1 Å². The Bertz CT molecular complexity index is 842. The zero-order chi connectivity index (χ0) is 18.1. The molecule has 0 radical (unpaired) electrons. The molecule has 2 unspecified atom stereocenters. The minimum absolute atomic E-state index is 0.0877. The van der Waals surface area contributed by atoms with Crippen LogP contribution >= 0.6 is 11.6 Å². The molecule has 8 heteroatoms. The lowest BCUT2D eigenvalue weighted by molar-refractivity contribution is 0.0966. The molecule has 2 aliphatic rings. The Morgan fingerprint density at radius 2 is 2.08 bits per heavy atom. The van der Waals surface area contributed by atoms with E-state index in [2.05, 4.69) is 25.9 Å². The molecule has 1 aliphatic heterocycles. The first-order chi connectivity index (χ1) is 12.6. The third-order valence-electron chi connectivity index (χ3n) is 4.85. The number of nitrogens with zero attached hydrogens (tertiary/aromatic N) is 2. The van der Waals surface area contributed by atoms with Crippen LogP contribution < -0.4 is 21.7 Å². The van der Waals surface area contributed by atoms with Crippen LogP contribution in [0.25, 0.3) is 0 Å². The van der Waals surface area contributed by atoms with Crippen LogP contribution in [0.3, 0.4) is 0 Å². The molecule has 4 rings (SSSR count). The van der Waals surface area contributed by atoms with Crippen LogP contribution in [0.1, 0.15) is 41.7 Å². The van der Waals surface area contributed by atoms with E-state index in [1.165, 1.54) is 0 Å². The molecule has 2 heterocycles. The van der Waals surface area contributed by atoms with Crippen molar-refractivity contribution < 1.29 is 4.79 Å². The van der Waals surface area contributed by atoms with Gasteiger partial charge in [-0.2, -0.15) is 4.98 Å². The molecular formula is C18H21ClN6O. The summed E-state index contributed by atoms with van der Waals surface area (Å²) < 4.78 is 0. The van der Waals surface area contributed by atoms with E-state index in [0.717, 1.165) is 31.4 Å². The molecule has 2 atom stereocenters. The highest BCUT2D eigenvalue weighted by Gasteiger charge is 2.28. The Hall–Kier alpha value is -2.38. The van der Waals surface area contributed by atoms with Gasteiger partial charge in [0.05, 0.1) is 12.2 Å². The molecule has 1 amide bonds.